The lowest BCUT2D eigenvalue weighted by Crippen LogP contribution is -2.65. The van der Waals surface area contributed by atoms with Crippen LogP contribution >= 0.6 is 0 Å². The quantitative estimate of drug-likeness (QED) is 0.599. The number of rotatable bonds is 5. The van der Waals surface area contributed by atoms with Crippen LogP contribution in [0.1, 0.15) is 25.7 Å². The Hall–Kier alpha value is -0.800. The first-order valence-electron chi connectivity index (χ1n) is 7.11. The molecule has 1 N–H and O–H groups in total. The average Bonchev–Trinajstić information content (AvgIpc) is 2.98. The average molecular weight is 338 g/mol. The lowest BCUT2D eigenvalue weighted by Gasteiger charge is -2.63. The molecule has 4 fully saturated rings. The third-order valence-corrected chi connectivity index (χ3v) is 7.31. The summed E-state index contributed by atoms with van der Waals surface area (Å²) in [5.74, 6) is -0.314. The molecule has 0 bridgehead atoms. The van der Waals surface area contributed by atoms with Crippen molar-refractivity contribution in [3.8, 4) is 0 Å². The van der Waals surface area contributed by atoms with Crippen LogP contribution in [-0.2, 0) is 24.4 Å². The molecular formula is C13H16F2O6S. The molecule has 5 unspecified atom stereocenters. The molecule has 0 aliphatic heterocycles. The highest BCUT2D eigenvalue weighted by molar-refractivity contribution is 7.86. The molecule has 4 aliphatic rings. The zero-order valence-corrected chi connectivity index (χ0v) is 12.7. The first-order chi connectivity index (χ1) is 10.0. The molecule has 5 atom stereocenters. The molecular weight excluding hydrogens is 322 g/mol. The van der Waals surface area contributed by atoms with Crippen molar-refractivity contribution in [3.05, 3.63) is 0 Å². The Labute approximate surface area is 125 Å². The molecule has 0 saturated heterocycles. The molecule has 0 radical (unpaired) electrons. The second-order valence-corrected chi connectivity index (χ2v) is 8.75. The van der Waals surface area contributed by atoms with E-state index in [1.165, 1.54) is 0 Å². The van der Waals surface area contributed by atoms with E-state index in [-0.39, 0.29) is 16.9 Å². The zero-order chi connectivity index (χ0) is 16.2. The Bertz CT molecular complexity index is 678. The SMILES string of the molecule is COC12CC3CC4(C(=O)OCC(F)(F)S(=O)(=O)O)CC1(C2)C34. The topological polar surface area (TPSA) is 89.9 Å². The summed E-state index contributed by atoms with van der Waals surface area (Å²) in [6.07, 6.45) is 2.93. The van der Waals surface area contributed by atoms with E-state index < -0.39 is 33.4 Å². The summed E-state index contributed by atoms with van der Waals surface area (Å²) in [6, 6.07) is 0. The van der Waals surface area contributed by atoms with Crippen molar-refractivity contribution < 1.29 is 36.0 Å². The summed E-state index contributed by atoms with van der Waals surface area (Å²) in [5, 5.41) is -4.48. The van der Waals surface area contributed by atoms with Crippen LogP contribution in [0.25, 0.3) is 0 Å². The highest BCUT2D eigenvalue weighted by Gasteiger charge is 2.93. The maximum atomic E-state index is 13.1. The fourth-order valence-corrected chi connectivity index (χ4v) is 5.90. The van der Waals surface area contributed by atoms with Gasteiger partial charge in [0.15, 0.2) is 6.61 Å². The molecule has 4 rings (SSSR count). The van der Waals surface area contributed by atoms with Gasteiger partial charge in [0.2, 0.25) is 0 Å². The molecule has 6 nitrogen and oxygen atoms in total. The summed E-state index contributed by atoms with van der Waals surface area (Å²) >= 11 is 0. The van der Waals surface area contributed by atoms with Crippen LogP contribution in [0.2, 0.25) is 0 Å². The van der Waals surface area contributed by atoms with Crippen LogP contribution in [0.3, 0.4) is 0 Å². The van der Waals surface area contributed by atoms with Crippen molar-refractivity contribution >= 4 is 16.1 Å². The first kappa shape index (κ1) is 14.8. The molecule has 0 aromatic rings. The van der Waals surface area contributed by atoms with E-state index in [0.29, 0.717) is 18.8 Å². The van der Waals surface area contributed by atoms with Gasteiger partial charge in [-0.2, -0.15) is 17.2 Å². The van der Waals surface area contributed by atoms with E-state index >= 15 is 0 Å². The molecule has 1 spiro atoms. The number of halogens is 2. The van der Waals surface area contributed by atoms with Crippen molar-refractivity contribution in [2.24, 2.45) is 22.7 Å². The Balaban J connectivity index is 1.45. The highest BCUT2D eigenvalue weighted by atomic mass is 32.2. The standard InChI is InChI=1S/C13H16F2O6S/c1-20-12-3-7-2-10(4-11(12,5-12)8(7)10)9(16)21-6-13(14,15)22(17,18)19/h7-8H,2-6H2,1H3,(H,17,18,19). The minimum Gasteiger partial charge on any atom is -0.458 e. The zero-order valence-electron chi connectivity index (χ0n) is 11.8. The number of hydrogen-bond donors (Lipinski definition) is 1. The molecule has 4 saturated carbocycles. The Morgan fingerprint density at radius 1 is 1.36 bits per heavy atom. The summed E-state index contributed by atoms with van der Waals surface area (Å²) < 4.78 is 65.9. The van der Waals surface area contributed by atoms with Gasteiger partial charge in [-0.05, 0) is 37.5 Å². The van der Waals surface area contributed by atoms with Crippen LogP contribution in [0.15, 0.2) is 0 Å². The molecule has 9 heteroatoms. The van der Waals surface area contributed by atoms with Gasteiger partial charge in [0.1, 0.15) is 0 Å². The van der Waals surface area contributed by atoms with Gasteiger partial charge in [0, 0.05) is 12.5 Å². The maximum Gasteiger partial charge on any atom is 0.402 e. The monoisotopic (exact) mass is 338 g/mol. The van der Waals surface area contributed by atoms with Gasteiger partial charge in [0.05, 0.1) is 11.0 Å². The summed E-state index contributed by atoms with van der Waals surface area (Å²) in [5.41, 5.74) is -0.910. The normalized spacial score (nSPS) is 47.8. The maximum absolute atomic E-state index is 13.1. The van der Waals surface area contributed by atoms with Crippen molar-refractivity contribution in [3.63, 3.8) is 0 Å². The number of carbonyl (C=O) groups is 1. The number of hydrogen-bond acceptors (Lipinski definition) is 5. The van der Waals surface area contributed by atoms with Gasteiger partial charge in [0.25, 0.3) is 0 Å². The summed E-state index contributed by atoms with van der Waals surface area (Å²) in [6.45, 7) is -1.65. The van der Waals surface area contributed by atoms with Crippen LogP contribution in [0, 0.1) is 22.7 Å². The minimum atomic E-state index is -5.59. The smallest absolute Gasteiger partial charge is 0.402 e. The van der Waals surface area contributed by atoms with Gasteiger partial charge < -0.3 is 9.47 Å². The Kier molecular flexibility index (Phi) is 2.45. The van der Waals surface area contributed by atoms with Crippen molar-refractivity contribution in [2.45, 2.75) is 36.5 Å². The van der Waals surface area contributed by atoms with Crippen LogP contribution in [0.4, 0.5) is 8.78 Å². The Morgan fingerprint density at radius 2 is 2.05 bits per heavy atom. The molecule has 0 aromatic carbocycles. The number of methoxy groups -OCH3 is 1. The predicted molar refractivity (Wildman–Crippen MR) is 67.5 cm³/mol. The van der Waals surface area contributed by atoms with Gasteiger partial charge >= 0.3 is 21.3 Å². The van der Waals surface area contributed by atoms with Gasteiger partial charge in [-0.15, -0.1) is 0 Å². The summed E-state index contributed by atoms with van der Waals surface area (Å²) in [4.78, 5) is 12.2. The lowest BCUT2D eigenvalue weighted by molar-refractivity contribution is -0.220. The third-order valence-electron chi connectivity index (χ3n) is 6.44. The van der Waals surface area contributed by atoms with Gasteiger partial charge in [-0.1, -0.05) is 0 Å². The molecule has 4 aliphatic carbocycles. The van der Waals surface area contributed by atoms with E-state index in [1.54, 1.807) is 7.11 Å². The van der Waals surface area contributed by atoms with E-state index in [1.807, 2.05) is 0 Å². The van der Waals surface area contributed by atoms with Gasteiger partial charge in [-0.25, -0.2) is 0 Å². The fourth-order valence-electron chi connectivity index (χ4n) is 5.69. The molecule has 0 amide bonds. The predicted octanol–water partition coefficient (Wildman–Crippen LogP) is 1.22. The molecule has 22 heavy (non-hydrogen) atoms. The van der Waals surface area contributed by atoms with Crippen LogP contribution in [-0.4, -0.2) is 43.5 Å². The Morgan fingerprint density at radius 3 is 2.64 bits per heavy atom. The molecule has 0 heterocycles. The second-order valence-electron chi connectivity index (χ2n) is 7.20. The van der Waals surface area contributed by atoms with Gasteiger partial charge in [-0.3, -0.25) is 9.35 Å². The summed E-state index contributed by atoms with van der Waals surface area (Å²) in [7, 11) is -3.93. The largest absolute Gasteiger partial charge is 0.458 e. The van der Waals surface area contributed by atoms with Crippen molar-refractivity contribution in [1.29, 1.82) is 0 Å². The fraction of sp³-hybridized carbons (Fsp3) is 0.923. The number of alkyl halides is 2. The number of carbonyl (C=O) groups excluding carboxylic acids is 1. The van der Waals surface area contributed by atoms with E-state index in [9.17, 15) is 22.0 Å². The first-order valence-corrected chi connectivity index (χ1v) is 8.55. The lowest BCUT2D eigenvalue weighted by atomic mass is 9.39. The van der Waals surface area contributed by atoms with Crippen LogP contribution in [0.5, 0.6) is 0 Å². The highest BCUT2D eigenvalue weighted by Crippen LogP contribution is 2.92. The van der Waals surface area contributed by atoms with Crippen molar-refractivity contribution in [1.82, 2.24) is 0 Å². The number of ether oxygens (including phenoxy) is 2. The van der Waals surface area contributed by atoms with Crippen molar-refractivity contribution in [2.75, 3.05) is 13.7 Å². The van der Waals surface area contributed by atoms with E-state index in [2.05, 4.69) is 4.74 Å². The second kappa shape index (κ2) is 3.64. The minimum absolute atomic E-state index is 0.00470. The third kappa shape index (κ3) is 1.37. The van der Waals surface area contributed by atoms with E-state index in [0.717, 1.165) is 12.8 Å². The number of esters is 1. The van der Waals surface area contributed by atoms with Crippen LogP contribution < -0.4 is 0 Å². The molecule has 0 aromatic heterocycles. The van der Waals surface area contributed by atoms with E-state index in [4.69, 9.17) is 9.29 Å². The molecule has 124 valence electrons.